The smallest absolute Gasteiger partial charge is 0.253 e. The lowest BCUT2D eigenvalue weighted by Gasteiger charge is -2.34. The van der Waals surface area contributed by atoms with Gasteiger partial charge in [-0.2, -0.15) is 5.10 Å². The van der Waals surface area contributed by atoms with E-state index in [2.05, 4.69) is 51.3 Å². The van der Waals surface area contributed by atoms with Gasteiger partial charge in [0.05, 0.1) is 0 Å². The highest BCUT2D eigenvalue weighted by molar-refractivity contribution is 7.98. The Morgan fingerprint density at radius 2 is 1.86 bits per heavy atom. The zero-order chi connectivity index (χ0) is 20.1. The summed E-state index contributed by atoms with van der Waals surface area (Å²) in [4.78, 5) is 21.3. The Hall–Kier alpha value is -2.64. The van der Waals surface area contributed by atoms with Crippen molar-refractivity contribution in [2.75, 3.05) is 26.2 Å². The molecule has 0 radical (unpaired) electrons. The van der Waals surface area contributed by atoms with Gasteiger partial charge in [0.2, 0.25) is 0 Å². The first-order valence-electron chi connectivity index (χ1n) is 9.82. The molecule has 7 heteroatoms. The number of aromatic nitrogens is 3. The fourth-order valence-electron chi connectivity index (χ4n) is 3.52. The van der Waals surface area contributed by atoms with Crippen molar-refractivity contribution in [3.05, 3.63) is 77.1 Å². The predicted molar refractivity (Wildman–Crippen MR) is 115 cm³/mol. The van der Waals surface area contributed by atoms with Gasteiger partial charge in [0.25, 0.3) is 5.91 Å². The second kappa shape index (κ2) is 9.24. The summed E-state index contributed by atoms with van der Waals surface area (Å²) in [7, 11) is 0. The second-order valence-electron chi connectivity index (χ2n) is 7.33. The van der Waals surface area contributed by atoms with Crippen molar-refractivity contribution in [1.29, 1.82) is 0 Å². The highest BCUT2D eigenvalue weighted by Crippen LogP contribution is 2.19. The molecule has 2 heterocycles. The van der Waals surface area contributed by atoms with Gasteiger partial charge in [-0.1, -0.05) is 53.7 Å². The highest BCUT2D eigenvalue weighted by Gasteiger charge is 2.22. The Labute approximate surface area is 175 Å². The zero-order valence-corrected chi connectivity index (χ0v) is 17.4. The molecule has 6 nitrogen and oxygen atoms in total. The molecule has 1 amide bonds. The van der Waals surface area contributed by atoms with Gasteiger partial charge in [-0.25, -0.2) is 4.98 Å². The van der Waals surface area contributed by atoms with E-state index in [0.717, 1.165) is 54.8 Å². The SMILES string of the molecule is Cc1cccc(CN2CCN(C(=O)c3ccc(CSc4ncn[nH]4)cc3)CC2)c1. The van der Waals surface area contributed by atoms with Crippen LogP contribution in [-0.4, -0.2) is 57.1 Å². The third-order valence-electron chi connectivity index (χ3n) is 5.12. The van der Waals surface area contributed by atoms with E-state index in [-0.39, 0.29) is 5.91 Å². The number of rotatable bonds is 6. The first-order valence-corrected chi connectivity index (χ1v) is 10.8. The molecular weight excluding hydrogens is 382 g/mol. The molecule has 0 bridgehead atoms. The van der Waals surface area contributed by atoms with Crippen molar-refractivity contribution in [3.63, 3.8) is 0 Å². The van der Waals surface area contributed by atoms with Gasteiger partial charge in [-0.05, 0) is 30.2 Å². The lowest BCUT2D eigenvalue weighted by atomic mass is 10.1. The topological polar surface area (TPSA) is 65.1 Å². The molecule has 1 N–H and O–H groups in total. The van der Waals surface area contributed by atoms with E-state index in [1.54, 1.807) is 11.8 Å². The first kappa shape index (κ1) is 19.7. The minimum absolute atomic E-state index is 0.120. The number of nitrogens with zero attached hydrogens (tertiary/aromatic N) is 4. The van der Waals surface area contributed by atoms with Crippen molar-refractivity contribution in [1.82, 2.24) is 25.0 Å². The number of hydrogen-bond donors (Lipinski definition) is 1. The van der Waals surface area contributed by atoms with Crippen molar-refractivity contribution in [3.8, 4) is 0 Å². The van der Waals surface area contributed by atoms with Crippen LogP contribution in [0.15, 0.2) is 60.0 Å². The average Bonchev–Trinajstić information content (AvgIpc) is 3.26. The lowest BCUT2D eigenvalue weighted by molar-refractivity contribution is 0.0628. The molecule has 29 heavy (non-hydrogen) atoms. The van der Waals surface area contributed by atoms with E-state index < -0.39 is 0 Å². The predicted octanol–water partition coefficient (Wildman–Crippen LogP) is 3.36. The van der Waals surface area contributed by atoms with Crippen LogP contribution in [0, 0.1) is 6.92 Å². The molecule has 2 aromatic carbocycles. The number of carbonyl (C=O) groups is 1. The number of piperazine rings is 1. The van der Waals surface area contributed by atoms with E-state index in [4.69, 9.17) is 0 Å². The molecule has 0 atom stereocenters. The summed E-state index contributed by atoms with van der Waals surface area (Å²) >= 11 is 1.59. The molecule has 0 spiro atoms. The molecular formula is C22H25N5OS. The van der Waals surface area contributed by atoms with Gasteiger partial charge in [-0.3, -0.25) is 14.8 Å². The molecule has 1 aliphatic rings. The number of amides is 1. The van der Waals surface area contributed by atoms with E-state index in [1.807, 2.05) is 29.2 Å². The van der Waals surface area contributed by atoms with Crippen LogP contribution in [-0.2, 0) is 12.3 Å². The maximum absolute atomic E-state index is 12.8. The molecule has 0 unspecified atom stereocenters. The maximum Gasteiger partial charge on any atom is 0.253 e. The van der Waals surface area contributed by atoms with Crippen LogP contribution in [0.2, 0.25) is 0 Å². The minimum atomic E-state index is 0.120. The number of thioether (sulfide) groups is 1. The average molecular weight is 408 g/mol. The molecule has 1 aromatic heterocycles. The standard InChI is InChI=1S/C22H25N5OS/c1-17-3-2-4-19(13-17)14-26-9-11-27(12-10-26)21(28)20-7-5-18(6-8-20)15-29-22-23-16-24-25-22/h2-8,13,16H,9-12,14-15H2,1H3,(H,23,24,25). The maximum atomic E-state index is 12.8. The monoisotopic (exact) mass is 407 g/mol. The molecule has 0 saturated carbocycles. The van der Waals surface area contributed by atoms with Crippen LogP contribution in [0.25, 0.3) is 0 Å². The number of aryl methyl sites for hydroxylation is 1. The van der Waals surface area contributed by atoms with E-state index in [1.165, 1.54) is 17.5 Å². The van der Waals surface area contributed by atoms with Gasteiger partial charge in [0.15, 0.2) is 5.16 Å². The largest absolute Gasteiger partial charge is 0.336 e. The van der Waals surface area contributed by atoms with Gasteiger partial charge >= 0.3 is 0 Å². The molecule has 0 aliphatic carbocycles. The zero-order valence-electron chi connectivity index (χ0n) is 16.5. The molecule has 1 aliphatic heterocycles. The number of benzene rings is 2. The second-order valence-corrected chi connectivity index (χ2v) is 8.30. The fraction of sp³-hybridized carbons (Fsp3) is 0.318. The Morgan fingerprint density at radius 1 is 1.07 bits per heavy atom. The van der Waals surface area contributed by atoms with Crippen LogP contribution < -0.4 is 0 Å². The Bertz CT molecular complexity index is 934. The molecule has 1 fully saturated rings. The summed E-state index contributed by atoms with van der Waals surface area (Å²) in [5.41, 5.74) is 4.54. The fourth-order valence-corrected chi connectivity index (χ4v) is 4.25. The number of nitrogens with one attached hydrogen (secondary N) is 1. The van der Waals surface area contributed by atoms with Crippen LogP contribution in [0.4, 0.5) is 0 Å². The van der Waals surface area contributed by atoms with Crippen LogP contribution >= 0.6 is 11.8 Å². The van der Waals surface area contributed by atoms with Crippen molar-refractivity contribution in [2.24, 2.45) is 0 Å². The van der Waals surface area contributed by atoms with Crippen molar-refractivity contribution in [2.45, 2.75) is 24.4 Å². The van der Waals surface area contributed by atoms with E-state index >= 15 is 0 Å². The van der Waals surface area contributed by atoms with Gasteiger partial charge < -0.3 is 4.90 Å². The van der Waals surface area contributed by atoms with E-state index in [0.29, 0.717) is 0 Å². The van der Waals surface area contributed by atoms with Gasteiger partial charge in [0.1, 0.15) is 6.33 Å². The van der Waals surface area contributed by atoms with Gasteiger partial charge in [0, 0.05) is 44.0 Å². The van der Waals surface area contributed by atoms with Crippen LogP contribution in [0.5, 0.6) is 0 Å². The van der Waals surface area contributed by atoms with Crippen molar-refractivity contribution < 1.29 is 4.79 Å². The Kier molecular flexibility index (Phi) is 6.27. The summed E-state index contributed by atoms with van der Waals surface area (Å²) in [6.07, 6.45) is 1.50. The normalized spacial score (nSPS) is 14.9. The Morgan fingerprint density at radius 3 is 2.55 bits per heavy atom. The van der Waals surface area contributed by atoms with E-state index in [9.17, 15) is 4.79 Å². The summed E-state index contributed by atoms with van der Waals surface area (Å²) < 4.78 is 0. The summed E-state index contributed by atoms with van der Waals surface area (Å²) in [5, 5.41) is 7.48. The lowest BCUT2D eigenvalue weighted by Crippen LogP contribution is -2.48. The third-order valence-corrected chi connectivity index (χ3v) is 6.07. The number of H-pyrrole nitrogens is 1. The summed E-state index contributed by atoms with van der Waals surface area (Å²) in [5.74, 6) is 0.913. The molecule has 4 rings (SSSR count). The molecule has 150 valence electrons. The van der Waals surface area contributed by atoms with Crippen molar-refractivity contribution >= 4 is 17.7 Å². The Balaban J connectivity index is 1.27. The highest BCUT2D eigenvalue weighted by atomic mass is 32.2. The first-order chi connectivity index (χ1) is 14.2. The third kappa shape index (κ3) is 5.25. The number of carbonyl (C=O) groups excluding carboxylic acids is 1. The quantitative estimate of drug-likeness (QED) is 0.635. The molecule has 3 aromatic rings. The van der Waals surface area contributed by atoms with Crippen LogP contribution in [0.3, 0.4) is 0 Å². The number of hydrogen-bond acceptors (Lipinski definition) is 5. The van der Waals surface area contributed by atoms with Gasteiger partial charge in [-0.15, -0.1) is 0 Å². The summed E-state index contributed by atoms with van der Waals surface area (Å²) in [6.45, 7) is 6.43. The summed E-state index contributed by atoms with van der Waals surface area (Å²) in [6, 6.07) is 16.5. The van der Waals surface area contributed by atoms with Crippen LogP contribution in [0.1, 0.15) is 27.0 Å². The minimum Gasteiger partial charge on any atom is -0.336 e. The molecule has 1 saturated heterocycles. The number of aromatic amines is 1.